The van der Waals surface area contributed by atoms with Gasteiger partial charge >= 0.3 is 0 Å². The molecule has 1 aromatic carbocycles. The molecular weight excluding hydrogens is 228 g/mol. The van der Waals surface area contributed by atoms with E-state index in [1.165, 1.54) is 5.56 Å². The van der Waals surface area contributed by atoms with Gasteiger partial charge in [0.15, 0.2) is 5.78 Å². The first-order valence-electron chi connectivity index (χ1n) is 4.68. The molecule has 1 aliphatic rings. The number of ether oxygens (including phenoxy) is 1. The number of thioether (sulfide) groups is 2. The van der Waals surface area contributed by atoms with Crippen molar-refractivity contribution >= 4 is 29.3 Å². The van der Waals surface area contributed by atoms with Crippen LogP contribution in [0.1, 0.15) is 10.1 Å². The van der Waals surface area contributed by atoms with Gasteiger partial charge in [-0.3, -0.25) is 4.79 Å². The topological polar surface area (TPSA) is 26.3 Å². The first kappa shape index (κ1) is 10.9. The van der Waals surface area contributed by atoms with Crippen molar-refractivity contribution in [1.82, 2.24) is 0 Å². The predicted molar refractivity (Wildman–Crippen MR) is 65.7 cm³/mol. The maximum Gasteiger partial charge on any atom is 0.152 e. The maximum atomic E-state index is 11.1. The van der Waals surface area contributed by atoms with Crippen molar-refractivity contribution < 1.29 is 9.53 Å². The third-order valence-electron chi connectivity index (χ3n) is 2.18. The van der Waals surface area contributed by atoms with Crippen LogP contribution in [0, 0.1) is 0 Å². The number of methoxy groups -OCH3 is 1. The lowest BCUT2D eigenvalue weighted by molar-refractivity contribution is -0.114. The van der Waals surface area contributed by atoms with Crippen LogP contribution in [0.15, 0.2) is 24.3 Å². The van der Waals surface area contributed by atoms with Crippen molar-refractivity contribution in [2.75, 3.05) is 18.6 Å². The summed E-state index contributed by atoms with van der Waals surface area (Å²) in [7, 11) is 1.66. The van der Waals surface area contributed by atoms with Gasteiger partial charge in [0.2, 0.25) is 0 Å². The van der Waals surface area contributed by atoms with Gasteiger partial charge in [0.25, 0.3) is 0 Å². The predicted octanol–water partition coefficient (Wildman–Crippen LogP) is 2.74. The summed E-state index contributed by atoms with van der Waals surface area (Å²) in [6.45, 7) is 0. The van der Waals surface area contributed by atoms with Crippen LogP contribution in [-0.4, -0.2) is 24.4 Å². The average Bonchev–Trinajstić information content (AvgIpc) is 2.30. The second kappa shape index (κ2) is 4.94. The van der Waals surface area contributed by atoms with Gasteiger partial charge in [-0.1, -0.05) is 12.1 Å². The lowest BCUT2D eigenvalue weighted by atomic mass is 10.2. The average molecular weight is 240 g/mol. The molecule has 0 aromatic heterocycles. The van der Waals surface area contributed by atoms with Gasteiger partial charge in [-0.25, -0.2) is 0 Å². The molecule has 0 spiro atoms. The van der Waals surface area contributed by atoms with Crippen LogP contribution in [0.5, 0.6) is 5.75 Å². The van der Waals surface area contributed by atoms with E-state index in [2.05, 4.69) is 12.1 Å². The van der Waals surface area contributed by atoms with Crippen LogP contribution in [0.2, 0.25) is 0 Å². The zero-order chi connectivity index (χ0) is 10.7. The summed E-state index contributed by atoms with van der Waals surface area (Å²) < 4.78 is 5.50. The molecule has 0 radical (unpaired) electrons. The number of carbonyl (C=O) groups is 1. The monoisotopic (exact) mass is 240 g/mol. The number of rotatable bonds is 2. The molecule has 0 aliphatic carbocycles. The molecule has 0 atom stereocenters. The maximum absolute atomic E-state index is 11.1. The first-order chi connectivity index (χ1) is 7.29. The molecule has 1 heterocycles. The number of hydrogen-bond donors (Lipinski definition) is 0. The quantitative estimate of drug-likeness (QED) is 0.794. The fourth-order valence-corrected chi connectivity index (χ4v) is 3.88. The summed E-state index contributed by atoms with van der Waals surface area (Å²) in [5, 5.41) is 0. The van der Waals surface area contributed by atoms with Crippen molar-refractivity contribution in [3.63, 3.8) is 0 Å². The third kappa shape index (κ3) is 2.69. The molecule has 0 saturated carbocycles. The van der Waals surface area contributed by atoms with Crippen molar-refractivity contribution in [3.8, 4) is 5.75 Å². The second-order valence-electron chi connectivity index (χ2n) is 3.27. The number of carbonyl (C=O) groups excluding carboxylic acids is 1. The minimum atomic E-state index is 0.342. The fourth-order valence-electron chi connectivity index (χ4n) is 1.38. The van der Waals surface area contributed by atoms with E-state index in [9.17, 15) is 4.79 Å². The highest BCUT2D eigenvalue weighted by Crippen LogP contribution is 2.42. The minimum Gasteiger partial charge on any atom is -0.497 e. The zero-order valence-electron chi connectivity index (χ0n) is 8.43. The number of hydrogen-bond acceptors (Lipinski definition) is 4. The molecule has 1 aliphatic heterocycles. The summed E-state index contributed by atoms with van der Waals surface area (Å²) in [5.41, 5.74) is 1.26. The molecule has 2 nitrogen and oxygen atoms in total. The van der Waals surface area contributed by atoms with E-state index in [0.717, 1.165) is 5.75 Å². The second-order valence-corrected chi connectivity index (χ2v) is 5.75. The normalized spacial score (nSPS) is 17.8. The lowest BCUT2D eigenvalue weighted by Gasteiger charge is -2.20. The molecule has 15 heavy (non-hydrogen) atoms. The van der Waals surface area contributed by atoms with E-state index >= 15 is 0 Å². The van der Waals surface area contributed by atoms with Crippen molar-refractivity contribution in [2.24, 2.45) is 0 Å². The summed E-state index contributed by atoms with van der Waals surface area (Å²) in [4.78, 5) is 11.1. The van der Waals surface area contributed by atoms with E-state index < -0.39 is 0 Å². The SMILES string of the molecule is COc1ccc(C2SCC(=O)CS2)cc1. The van der Waals surface area contributed by atoms with Crippen molar-refractivity contribution in [2.45, 2.75) is 4.58 Å². The zero-order valence-corrected chi connectivity index (χ0v) is 10.1. The van der Waals surface area contributed by atoms with Crippen molar-refractivity contribution in [1.29, 1.82) is 0 Å². The van der Waals surface area contributed by atoms with Crippen LogP contribution >= 0.6 is 23.5 Å². The Kier molecular flexibility index (Phi) is 3.59. The highest BCUT2D eigenvalue weighted by atomic mass is 32.2. The Morgan fingerprint density at radius 2 is 1.80 bits per heavy atom. The number of benzene rings is 1. The number of ketones is 1. The third-order valence-corrected chi connectivity index (χ3v) is 5.12. The smallest absolute Gasteiger partial charge is 0.152 e. The van der Waals surface area contributed by atoms with Gasteiger partial charge < -0.3 is 4.74 Å². The van der Waals surface area contributed by atoms with E-state index in [1.807, 2.05) is 12.1 Å². The molecule has 1 saturated heterocycles. The van der Waals surface area contributed by atoms with Gasteiger partial charge in [-0.05, 0) is 17.7 Å². The van der Waals surface area contributed by atoms with Gasteiger partial charge in [-0.15, -0.1) is 23.5 Å². The van der Waals surface area contributed by atoms with E-state index in [-0.39, 0.29) is 0 Å². The van der Waals surface area contributed by atoms with Gasteiger partial charge in [0, 0.05) is 0 Å². The highest BCUT2D eigenvalue weighted by Gasteiger charge is 2.20. The Morgan fingerprint density at radius 3 is 2.33 bits per heavy atom. The van der Waals surface area contributed by atoms with Crippen LogP contribution in [0.4, 0.5) is 0 Å². The Morgan fingerprint density at radius 1 is 1.20 bits per heavy atom. The molecular formula is C11H12O2S2. The Labute approximate surface area is 97.8 Å². The molecule has 1 aromatic rings. The molecule has 80 valence electrons. The standard InChI is InChI=1S/C11H12O2S2/c1-13-10-4-2-8(3-5-10)11-14-6-9(12)7-15-11/h2-5,11H,6-7H2,1H3. The van der Waals surface area contributed by atoms with Crippen LogP contribution in [0.3, 0.4) is 0 Å². The van der Waals surface area contributed by atoms with Gasteiger partial charge in [0.1, 0.15) is 5.75 Å². The first-order valence-corrected chi connectivity index (χ1v) is 6.78. The lowest BCUT2D eigenvalue weighted by Crippen LogP contribution is -2.12. The van der Waals surface area contributed by atoms with Crippen LogP contribution < -0.4 is 4.74 Å². The van der Waals surface area contributed by atoms with E-state index in [4.69, 9.17) is 4.74 Å². The Bertz CT molecular complexity index is 338. The summed E-state index contributed by atoms with van der Waals surface area (Å²) >= 11 is 3.42. The Hall–Kier alpha value is -0.610. The Balaban J connectivity index is 2.06. The summed E-state index contributed by atoms with van der Waals surface area (Å²) in [6, 6.07) is 8.07. The molecule has 0 N–H and O–H groups in total. The molecule has 0 bridgehead atoms. The molecule has 1 fully saturated rings. The van der Waals surface area contributed by atoms with Crippen LogP contribution in [0.25, 0.3) is 0 Å². The molecule has 0 unspecified atom stereocenters. The molecule has 2 rings (SSSR count). The summed E-state index contributed by atoms with van der Waals surface area (Å²) in [5.74, 6) is 2.50. The van der Waals surface area contributed by atoms with E-state index in [1.54, 1.807) is 30.6 Å². The van der Waals surface area contributed by atoms with Crippen LogP contribution in [-0.2, 0) is 4.79 Å². The van der Waals surface area contributed by atoms with E-state index in [0.29, 0.717) is 21.9 Å². The largest absolute Gasteiger partial charge is 0.497 e. The fraction of sp³-hybridized carbons (Fsp3) is 0.364. The minimum absolute atomic E-state index is 0.342. The van der Waals surface area contributed by atoms with Gasteiger partial charge in [-0.2, -0.15) is 0 Å². The highest BCUT2D eigenvalue weighted by molar-refractivity contribution is 8.18. The summed E-state index contributed by atoms with van der Waals surface area (Å²) in [6.07, 6.45) is 0. The molecule has 4 heteroatoms. The number of Topliss-reactive ketones (excluding diaryl/α,β-unsaturated/α-hetero) is 1. The molecule has 0 amide bonds. The van der Waals surface area contributed by atoms with Crippen molar-refractivity contribution in [3.05, 3.63) is 29.8 Å². The van der Waals surface area contributed by atoms with Gasteiger partial charge in [0.05, 0.1) is 23.2 Å².